The SMILES string of the molecule is CN=C(NCCOCCC(C)C)NCc1cccnc1Oc1cccc(F)c1. The van der Waals surface area contributed by atoms with Crippen molar-refractivity contribution in [3.63, 3.8) is 0 Å². The molecule has 28 heavy (non-hydrogen) atoms. The van der Waals surface area contributed by atoms with Gasteiger partial charge in [0.1, 0.15) is 11.6 Å². The van der Waals surface area contributed by atoms with Crippen LogP contribution in [0.15, 0.2) is 47.6 Å². The van der Waals surface area contributed by atoms with Gasteiger partial charge in [0.25, 0.3) is 0 Å². The molecule has 0 aliphatic carbocycles. The van der Waals surface area contributed by atoms with Gasteiger partial charge >= 0.3 is 0 Å². The van der Waals surface area contributed by atoms with Gasteiger partial charge in [0.05, 0.1) is 6.61 Å². The molecule has 2 aromatic rings. The molecule has 0 fully saturated rings. The molecule has 152 valence electrons. The smallest absolute Gasteiger partial charge is 0.224 e. The third-order valence-electron chi connectivity index (χ3n) is 3.91. The Morgan fingerprint density at radius 1 is 1.18 bits per heavy atom. The lowest BCUT2D eigenvalue weighted by Crippen LogP contribution is -2.38. The average Bonchev–Trinajstić information content (AvgIpc) is 2.67. The van der Waals surface area contributed by atoms with Crippen LogP contribution >= 0.6 is 0 Å². The van der Waals surface area contributed by atoms with Gasteiger partial charge in [-0.05, 0) is 30.5 Å². The summed E-state index contributed by atoms with van der Waals surface area (Å²) in [5.74, 6) is 1.78. The number of hydrogen-bond donors (Lipinski definition) is 2. The second kappa shape index (κ2) is 11.9. The van der Waals surface area contributed by atoms with Gasteiger partial charge in [-0.15, -0.1) is 0 Å². The fourth-order valence-corrected chi connectivity index (χ4v) is 2.35. The number of nitrogens with zero attached hydrogens (tertiary/aromatic N) is 2. The third kappa shape index (κ3) is 7.92. The van der Waals surface area contributed by atoms with Crippen molar-refractivity contribution in [2.24, 2.45) is 10.9 Å². The lowest BCUT2D eigenvalue weighted by Gasteiger charge is -2.14. The number of benzene rings is 1. The van der Waals surface area contributed by atoms with Gasteiger partial charge in [-0.1, -0.05) is 26.0 Å². The number of halogens is 1. The van der Waals surface area contributed by atoms with Crippen LogP contribution in [0.1, 0.15) is 25.8 Å². The summed E-state index contributed by atoms with van der Waals surface area (Å²) in [4.78, 5) is 8.45. The molecule has 0 spiro atoms. The summed E-state index contributed by atoms with van der Waals surface area (Å²) in [6, 6.07) is 9.71. The number of nitrogens with one attached hydrogen (secondary N) is 2. The van der Waals surface area contributed by atoms with Crippen LogP contribution in [-0.4, -0.2) is 37.7 Å². The van der Waals surface area contributed by atoms with Crippen LogP contribution in [0.5, 0.6) is 11.6 Å². The Morgan fingerprint density at radius 3 is 2.79 bits per heavy atom. The summed E-state index contributed by atoms with van der Waals surface area (Å²) in [5, 5.41) is 6.43. The van der Waals surface area contributed by atoms with Crippen LogP contribution in [0.25, 0.3) is 0 Å². The van der Waals surface area contributed by atoms with E-state index in [1.165, 1.54) is 12.1 Å². The highest BCUT2D eigenvalue weighted by atomic mass is 19.1. The number of aromatic nitrogens is 1. The number of rotatable bonds is 10. The molecular weight excluding hydrogens is 359 g/mol. The molecule has 0 unspecified atom stereocenters. The van der Waals surface area contributed by atoms with E-state index in [-0.39, 0.29) is 5.82 Å². The molecule has 0 amide bonds. The molecule has 1 heterocycles. The fourth-order valence-electron chi connectivity index (χ4n) is 2.35. The molecule has 0 saturated carbocycles. The molecule has 2 rings (SSSR count). The quantitative estimate of drug-likeness (QED) is 0.369. The Hall–Kier alpha value is -2.67. The van der Waals surface area contributed by atoms with Gasteiger partial charge in [-0.3, -0.25) is 4.99 Å². The molecule has 0 atom stereocenters. The van der Waals surface area contributed by atoms with Crippen LogP contribution < -0.4 is 15.4 Å². The molecule has 1 aromatic heterocycles. The van der Waals surface area contributed by atoms with E-state index in [0.717, 1.165) is 18.6 Å². The largest absolute Gasteiger partial charge is 0.439 e. The van der Waals surface area contributed by atoms with E-state index in [1.54, 1.807) is 25.4 Å². The first-order valence-electron chi connectivity index (χ1n) is 9.48. The monoisotopic (exact) mass is 388 g/mol. The van der Waals surface area contributed by atoms with E-state index in [1.807, 2.05) is 12.1 Å². The van der Waals surface area contributed by atoms with Crippen LogP contribution in [0.2, 0.25) is 0 Å². The van der Waals surface area contributed by atoms with Gasteiger partial charge < -0.3 is 20.1 Å². The van der Waals surface area contributed by atoms with Crippen molar-refractivity contribution in [1.82, 2.24) is 15.6 Å². The first-order chi connectivity index (χ1) is 13.6. The standard InChI is InChI=1S/C21H29FN4O2/c1-16(2)9-12-27-13-11-25-21(23-3)26-15-17-6-5-10-24-20(17)28-19-8-4-7-18(22)14-19/h4-8,10,14,16H,9,11-13,15H2,1-3H3,(H2,23,25,26). The summed E-state index contributed by atoms with van der Waals surface area (Å²) < 4.78 is 24.7. The van der Waals surface area contributed by atoms with Crippen molar-refractivity contribution in [2.45, 2.75) is 26.8 Å². The van der Waals surface area contributed by atoms with Crippen molar-refractivity contribution in [3.8, 4) is 11.6 Å². The summed E-state index contributed by atoms with van der Waals surface area (Å²) in [6.45, 7) is 6.87. The molecule has 1 aromatic carbocycles. The fraction of sp³-hybridized carbons (Fsp3) is 0.429. The maximum absolute atomic E-state index is 13.4. The summed E-state index contributed by atoms with van der Waals surface area (Å²) in [7, 11) is 1.71. The Labute approximate surface area is 166 Å². The Bertz CT molecular complexity index is 753. The summed E-state index contributed by atoms with van der Waals surface area (Å²) in [5.41, 5.74) is 0.836. The van der Waals surface area contributed by atoms with E-state index in [9.17, 15) is 4.39 Å². The van der Waals surface area contributed by atoms with Crippen LogP contribution in [0, 0.1) is 11.7 Å². The average molecular weight is 388 g/mol. The van der Waals surface area contributed by atoms with Gasteiger partial charge in [0.15, 0.2) is 5.96 Å². The van der Waals surface area contributed by atoms with Crippen molar-refractivity contribution >= 4 is 5.96 Å². The van der Waals surface area contributed by atoms with Crippen molar-refractivity contribution in [3.05, 3.63) is 54.0 Å². The van der Waals surface area contributed by atoms with Gasteiger partial charge in [-0.25, -0.2) is 9.37 Å². The lowest BCUT2D eigenvalue weighted by molar-refractivity contribution is 0.128. The van der Waals surface area contributed by atoms with E-state index >= 15 is 0 Å². The van der Waals surface area contributed by atoms with Crippen molar-refractivity contribution in [1.29, 1.82) is 0 Å². The maximum atomic E-state index is 13.4. The number of pyridine rings is 1. The highest BCUT2D eigenvalue weighted by molar-refractivity contribution is 5.79. The van der Waals surface area contributed by atoms with Gasteiger partial charge in [-0.2, -0.15) is 0 Å². The first-order valence-corrected chi connectivity index (χ1v) is 9.48. The molecular formula is C21H29FN4O2. The Morgan fingerprint density at radius 2 is 2.04 bits per heavy atom. The van der Waals surface area contributed by atoms with Gasteiger partial charge in [0.2, 0.25) is 5.88 Å². The Kier molecular flexibility index (Phi) is 9.21. The minimum absolute atomic E-state index is 0.353. The van der Waals surface area contributed by atoms with Crippen molar-refractivity contribution < 1.29 is 13.9 Å². The minimum Gasteiger partial charge on any atom is -0.439 e. The molecule has 0 aliphatic rings. The van der Waals surface area contributed by atoms with E-state index < -0.39 is 0 Å². The highest BCUT2D eigenvalue weighted by Gasteiger charge is 2.08. The topological polar surface area (TPSA) is 67.8 Å². The van der Waals surface area contributed by atoms with E-state index in [0.29, 0.717) is 43.2 Å². The first kappa shape index (κ1) is 21.6. The molecule has 0 radical (unpaired) electrons. The molecule has 0 saturated heterocycles. The molecule has 0 bridgehead atoms. The third-order valence-corrected chi connectivity index (χ3v) is 3.91. The number of hydrogen-bond acceptors (Lipinski definition) is 4. The van der Waals surface area contributed by atoms with Crippen LogP contribution in [0.3, 0.4) is 0 Å². The predicted octanol–water partition coefficient (Wildman–Crippen LogP) is 3.74. The van der Waals surface area contributed by atoms with Crippen molar-refractivity contribution in [2.75, 3.05) is 26.8 Å². The minimum atomic E-state index is -0.353. The molecule has 0 aliphatic heterocycles. The number of ether oxygens (including phenoxy) is 2. The zero-order chi connectivity index (χ0) is 20.2. The van der Waals surface area contributed by atoms with Crippen LogP contribution in [-0.2, 0) is 11.3 Å². The highest BCUT2D eigenvalue weighted by Crippen LogP contribution is 2.23. The molecule has 2 N–H and O–H groups in total. The molecule has 6 nitrogen and oxygen atoms in total. The van der Waals surface area contributed by atoms with E-state index in [4.69, 9.17) is 9.47 Å². The number of aliphatic imine (C=N–C) groups is 1. The zero-order valence-corrected chi connectivity index (χ0v) is 16.7. The summed E-state index contributed by atoms with van der Waals surface area (Å²) in [6.07, 6.45) is 2.70. The molecule has 7 heteroatoms. The normalized spacial score (nSPS) is 11.5. The lowest BCUT2D eigenvalue weighted by atomic mass is 10.1. The predicted molar refractivity (Wildman–Crippen MR) is 109 cm³/mol. The maximum Gasteiger partial charge on any atom is 0.224 e. The van der Waals surface area contributed by atoms with Gasteiger partial charge in [0, 0.05) is 44.6 Å². The second-order valence-electron chi connectivity index (χ2n) is 6.67. The zero-order valence-electron chi connectivity index (χ0n) is 16.7. The van der Waals surface area contributed by atoms with E-state index in [2.05, 4.69) is 34.5 Å². The van der Waals surface area contributed by atoms with Crippen LogP contribution in [0.4, 0.5) is 4.39 Å². The second-order valence-corrected chi connectivity index (χ2v) is 6.67. The summed E-state index contributed by atoms with van der Waals surface area (Å²) >= 11 is 0. The Balaban J connectivity index is 1.82. The number of guanidine groups is 1.